The molecule has 8 nitrogen and oxygen atoms in total. The normalized spacial score (nSPS) is 15.3. The van der Waals surface area contributed by atoms with Gasteiger partial charge in [0.25, 0.3) is 0 Å². The Labute approximate surface area is 260 Å². The molecule has 210 valence electrons. The van der Waals surface area contributed by atoms with Crippen molar-refractivity contribution in [1.82, 2.24) is 14.9 Å². The van der Waals surface area contributed by atoms with Crippen LogP contribution in [0.25, 0.3) is 10.9 Å². The number of benzene rings is 2. The average Bonchev–Trinajstić information content (AvgIpc) is 3.09. The molecule has 0 spiro atoms. The second-order valence-corrected chi connectivity index (χ2v) is 9.00. The maximum absolute atomic E-state index is 13.1. The minimum atomic E-state index is -1.97. The van der Waals surface area contributed by atoms with Crippen molar-refractivity contribution in [3.8, 4) is 17.6 Å². The topological polar surface area (TPSA) is 100 Å². The highest BCUT2D eigenvalue weighted by Gasteiger charge is 2.16. The highest BCUT2D eigenvalue weighted by molar-refractivity contribution is 6.32. The molecule has 0 atom stereocenters. The molecule has 1 N–H and O–H groups in total. The fourth-order valence-electron chi connectivity index (χ4n) is 3.50. The van der Waals surface area contributed by atoms with Gasteiger partial charge in [-0.1, -0.05) is 23.7 Å². The predicted molar refractivity (Wildman–Crippen MR) is 162 cm³/mol. The lowest BCUT2D eigenvalue weighted by molar-refractivity contribution is -0.114. The highest BCUT2D eigenvalue weighted by atomic mass is 35.5. The van der Waals surface area contributed by atoms with Crippen LogP contribution in [0.2, 0.25) is 5.02 Å². The highest BCUT2D eigenvalue weighted by Crippen LogP contribution is 2.36. The number of carbonyl (C=O) groups excluding carboxylic acids is 1. The Bertz CT molecular complexity index is 2160. The number of nitrogens with zero attached hydrogens (tertiary/aromatic N) is 4. The number of anilines is 2. The number of fused-ring (bicyclic) bond motifs is 1. The zero-order valence-corrected chi connectivity index (χ0v) is 23.4. The summed E-state index contributed by atoms with van der Waals surface area (Å²) in [7, 11) is 2.97. The van der Waals surface area contributed by atoms with Crippen LogP contribution in [0, 0.1) is 18.3 Å². The van der Waals surface area contributed by atoms with Crippen molar-refractivity contribution < 1.29 is 29.3 Å². The first kappa shape index (κ1) is 18.1. The molecular formula is C32H32ClN5O3. The Morgan fingerprint density at radius 3 is 2.80 bits per heavy atom. The maximum atomic E-state index is 13.1. The second-order valence-electron chi connectivity index (χ2n) is 8.63. The van der Waals surface area contributed by atoms with Gasteiger partial charge in [-0.2, -0.15) is 5.26 Å². The van der Waals surface area contributed by atoms with Crippen LogP contribution in [-0.2, 0) is 17.8 Å². The summed E-state index contributed by atoms with van der Waals surface area (Å²) in [5, 5.41) is 12.1. The fraction of sp³-hybridized carbons (Fsp3) is 0.250. The van der Waals surface area contributed by atoms with E-state index in [1.54, 1.807) is 6.92 Å². The molecule has 2 heterocycles. The predicted octanol–water partition coefficient (Wildman–Crippen LogP) is 6.41. The Morgan fingerprint density at radius 2 is 2.05 bits per heavy atom. The van der Waals surface area contributed by atoms with Gasteiger partial charge in [0.1, 0.15) is 24.2 Å². The van der Waals surface area contributed by atoms with E-state index in [1.165, 1.54) is 25.9 Å². The van der Waals surface area contributed by atoms with Gasteiger partial charge in [-0.05, 0) is 70.3 Å². The number of nitrogens with one attached hydrogen (secondary N) is 1. The number of rotatable bonds is 12. The molecule has 2 aromatic heterocycles. The second kappa shape index (κ2) is 13.8. The molecule has 4 aromatic rings. The molecule has 0 unspecified atom stereocenters. The third-order valence-electron chi connectivity index (χ3n) is 5.24. The molecule has 0 aliphatic rings. The van der Waals surface area contributed by atoms with E-state index in [9.17, 15) is 10.1 Å². The van der Waals surface area contributed by atoms with Crippen molar-refractivity contribution in [2.75, 3.05) is 32.5 Å². The van der Waals surface area contributed by atoms with Crippen LogP contribution < -0.4 is 14.8 Å². The molecule has 0 bridgehead atoms. The molecule has 0 aliphatic heterocycles. The Balaban J connectivity index is 1.89. The lowest BCUT2D eigenvalue weighted by Gasteiger charge is -2.16. The van der Waals surface area contributed by atoms with Crippen LogP contribution >= 0.6 is 11.6 Å². The van der Waals surface area contributed by atoms with E-state index in [-0.39, 0.29) is 64.0 Å². The fourth-order valence-corrected chi connectivity index (χ4v) is 3.70. The molecule has 2 aromatic carbocycles. The van der Waals surface area contributed by atoms with Gasteiger partial charge in [0, 0.05) is 50.2 Å². The lowest BCUT2D eigenvalue weighted by Crippen LogP contribution is -2.11. The van der Waals surface area contributed by atoms with Crippen LogP contribution in [0.4, 0.5) is 11.4 Å². The summed E-state index contributed by atoms with van der Waals surface area (Å²) < 4.78 is 104. The molecule has 0 fully saturated rings. The number of ketones is 1. The molecule has 0 aliphatic carbocycles. The largest absolute Gasteiger partial charge is 0.494 e. The van der Waals surface area contributed by atoms with Crippen LogP contribution in [0.15, 0.2) is 66.7 Å². The molecule has 41 heavy (non-hydrogen) atoms. The molecule has 0 saturated carbocycles. The van der Waals surface area contributed by atoms with Gasteiger partial charge in [-0.25, -0.2) is 0 Å². The van der Waals surface area contributed by atoms with Crippen molar-refractivity contribution in [3.63, 3.8) is 0 Å². The van der Waals surface area contributed by atoms with Crippen molar-refractivity contribution in [2.45, 2.75) is 26.9 Å². The van der Waals surface area contributed by atoms with E-state index in [4.69, 9.17) is 36.2 Å². The molecule has 0 radical (unpaired) electrons. The number of ether oxygens (including phenoxy) is 2. The van der Waals surface area contributed by atoms with Crippen molar-refractivity contribution in [2.24, 2.45) is 0 Å². The van der Waals surface area contributed by atoms with Crippen LogP contribution in [0.3, 0.4) is 0 Å². The number of aromatic nitrogens is 2. The lowest BCUT2D eigenvalue weighted by atomic mass is 10.0. The number of carbonyl (C=O) groups is 1. The maximum Gasteiger partial charge on any atom is 0.159 e. The third kappa shape index (κ3) is 7.82. The van der Waals surface area contributed by atoms with Gasteiger partial charge in [0.05, 0.1) is 46.4 Å². The molecule has 0 amide bonds. The summed E-state index contributed by atoms with van der Waals surface area (Å²) in [6.45, 7) is 0.662. The zero-order chi connectivity index (χ0) is 39.0. The Morgan fingerprint density at radius 1 is 1.22 bits per heavy atom. The minimum Gasteiger partial charge on any atom is -0.494 e. The Hall–Kier alpha value is -4.45. The van der Waals surface area contributed by atoms with Crippen molar-refractivity contribution in [1.29, 1.82) is 5.26 Å². The summed E-state index contributed by atoms with van der Waals surface area (Å²) in [4.78, 5) is 22.5. The SMILES string of the molecule is [2H]c1nc2c([2H])c(OCC)c(CC(=O)/C=C/C([2H])([2H])N(C)C)c([2H])c2c(Nc2c([2H])c([2H])c(OCc3nc(C)c([2H])c([2H])c3[2H])c(Cl)c2[2H])c1C#N. The quantitative estimate of drug-likeness (QED) is 0.192. The van der Waals surface area contributed by atoms with Crippen molar-refractivity contribution >= 4 is 39.7 Å². The van der Waals surface area contributed by atoms with E-state index >= 15 is 0 Å². The number of pyridine rings is 2. The van der Waals surface area contributed by atoms with Gasteiger partial charge in [-0.15, -0.1) is 0 Å². The number of hydrogen-bond acceptors (Lipinski definition) is 8. The van der Waals surface area contributed by atoms with Gasteiger partial charge in [-0.3, -0.25) is 14.8 Å². The minimum absolute atomic E-state index is 0.0222. The van der Waals surface area contributed by atoms with E-state index in [1.807, 2.05) is 6.07 Å². The number of aryl methyl sites for hydroxylation is 1. The third-order valence-corrected chi connectivity index (χ3v) is 5.51. The number of likely N-dealkylation sites (N-methyl/N-ethyl adjacent to an activating group) is 1. The number of hydrogen-bond donors (Lipinski definition) is 1. The Kier molecular flexibility index (Phi) is 6.06. The van der Waals surface area contributed by atoms with Crippen LogP contribution in [-0.4, -0.2) is 47.9 Å². The summed E-state index contributed by atoms with van der Waals surface area (Å²) in [5.41, 5.74) is -1.45. The van der Waals surface area contributed by atoms with E-state index in [2.05, 4.69) is 15.3 Å². The standard InChI is InChI=1S/C32H32ClN5O3/c1-5-40-31-17-29-27(15-22(31)14-26(39)10-7-13-38(3)4)32(23(18-34)19-35-29)37-24-11-12-30(28(33)16-24)41-20-25-9-6-8-21(2)36-25/h6-12,15-17,19H,5,13-14,20H2,1-4H3,(H,35,37)/b10-7+/i6D,8D,9D,11D,12D,13D2,15D,16D,17D,19D. The average molecular weight is 581 g/mol. The molecule has 9 heteroatoms. The first-order valence-electron chi connectivity index (χ1n) is 17.8. The number of halogens is 1. The number of nitriles is 1. The zero-order valence-electron chi connectivity index (χ0n) is 33.7. The number of allylic oxidation sites excluding steroid dienone is 1. The molecule has 4 rings (SSSR count). The summed E-state index contributed by atoms with van der Waals surface area (Å²) in [5.74, 6) is -1.25. The molecule has 0 saturated heterocycles. The van der Waals surface area contributed by atoms with Crippen molar-refractivity contribution in [3.05, 3.63) is 94.2 Å². The van der Waals surface area contributed by atoms with Gasteiger partial charge in [0.15, 0.2) is 5.78 Å². The summed E-state index contributed by atoms with van der Waals surface area (Å²) in [6, 6.07) is -1.90. The van der Waals surface area contributed by atoms with E-state index < -0.39 is 83.7 Å². The van der Waals surface area contributed by atoms with Gasteiger partial charge >= 0.3 is 0 Å². The van der Waals surface area contributed by atoms with Gasteiger partial charge in [0.2, 0.25) is 0 Å². The smallest absolute Gasteiger partial charge is 0.159 e. The van der Waals surface area contributed by atoms with E-state index in [0.717, 1.165) is 12.2 Å². The summed E-state index contributed by atoms with van der Waals surface area (Å²) in [6.07, 6.45) is 0.901. The molecular weight excluding hydrogens is 538 g/mol. The van der Waals surface area contributed by atoms with Gasteiger partial charge < -0.3 is 19.7 Å². The monoisotopic (exact) mass is 580 g/mol. The van der Waals surface area contributed by atoms with Crippen LogP contribution in [0.1, 0.15) is 44.5 Å². The summed E-state index contributed by atoms with van der Waals surface area (Å²) >= 11 is 6.47. The van der Waals surface area contributed by atoms with E-state index in [0.29, 0.717) is 0 Å². The van der Waals surface area contributed by atoms with Crippen LogP contribution in [0.5, 0.6) is 11.5 Å². The first-order valence-corrected chi connectivity index (χ1v) is 12.7. The first-order chi connectivity index (χ1) is 24.3.